The second kappa shape index (κ2) is 9.44. The van der Waals surface area contributed by atoms with Crippen molar-refractivity contribution in [3.63, 3.8) is 0 Å². The first-order chi connectivity index (χ1) is 18.5. The smallest absolute Gasteiger partial charge is 0.123 e. The van der Waals surface area contributed by atoms with Crippen molar-refractivity contribution in [2.75, 3.05) is 14.2 Å². The molecular weight excluding hydrogens is 496 g/mol. The SMILES string of the molecule is COc1ccc(OC)c(C2C(C#N)=C(N)NC3=C2CCc2nc4ccc(Cl)cc4c(-c4ccccc4)c23)c1. The van der Waals surface area contributed by atoms with Crippen molar-refractivity contribution in [2.24, 2.45) is 5.73 Å². The van der Waals surface area contributed by atoms with E-state index in [4.69, 9.17) is 31.8 Å². The monoisotopic (exact) mass is 520 g/mol. The molecule has 7 heteroatoms. The van der Waals surface area contributed by atoms with Gasteiger partial charge in [-0.3, -0.25) is 4.98 Å². The van der Waals surface area contributed by atoms with Crippen molar-refractivity contribution in [3.05, 3.63) is 106 Å². The summed E-state index contributed by atoms with van der Waals surface area (Å²) in [5, 5.41) is 15.2. The fraction of sp³-hybridized carbons (Fsp3) is 0.161. The van der Waals surface area contributed by atoms with Crippen LogP contribution in [0.1, 0.15) is 29.2 Å². The zero-order valence-corrected chi connectivity index (χ0v) is 21.8. The van der Waals surface area contributed by atoms with Gasteiger partial charge in [-0.2, -0.15) is 5.26 Å². The summed E-state index contributed by atoms with van der Waals surface area (Å²) in [6.07, 6.45) is 1.43. The van der Waals surface area contributed by atoms with E-state index in [9.17, 15) is 5.26 Å². The Balaban J connectivity index is 1.69. The number of rotatable bonds is 4. The number of dihydropyridines is 1. The third-order valence-corrected chi connectivity index (χ3v) is 7.58. The molecular formula is C31H25ClN4O2. The van der Waals surface area contributed by atoms with Gasteiger partial charge in [-0.05, 0) is 60.4 Å². The fourth-order valence-electron chi connectivity index (χ4n) is 5.68. The number of halogens is 1. The molecule has 1 aliphatic carbocycles. The molecule has 3 aromatic carbocycles. The molecule has 1 aliphatic heterocycles. The number of nitrogens with zero attached hydrogens (tertiary/aromatic N) is 2. The number of allylic oxidation sites excluding steroid dienone is 2. The fourth-order valence-corrected chi connectivity index (χ4v) is 5.85. The van der Waals surface area contributed by atoms with Gasteiger partial charge in [0.2, 0.25) is 0 Å². The third kappa shape index (κ3) is 3.75. The van der Waals surface area contributed by atoms with Crippen LogP contribution in [0, 0.1) is 11.3 Å². The lowest BCUT2D eigenvalue weighted by Crippen LogP contribution is -2.32. The Labute approximate surface area is 226 Å². The van der Waals surface area contributed by atoms with Gasteiger partial charge in [0.1, 0.15) is 17.3 Å². The van der Waals surface area contributed by atoms with Crippen LogP contribution in [0.25, 0.3) is 27.7 Å². The molecule has 38 heavy (non-hydrogen) atoms. The minimum absolute atomic E-state index is 0.319. The van der Waals surface area contributed by atoms with E-state index in [-0.39, 0.29) is 0 Å². The quantitative estimate of drug-likeness (QED) is 0.327. The Morgan fingerprint density at radius 1 is 1.00 bits per heavy atom. The molecule has 6 rings (SSSR count). The van der Waals surface area contributed by atoms with Crippen molar-refractivity contribution >= 4 is 28.2 Å². The largest absolute Gasteiger partial charge is 0.497 e. The van der Waals surface area contributed by atoms with Crippen LogP contribution in [0.15, 0.2) is 83.7 Å². The maximum atomic E-state index is 10.2. The summed E-state index contributed by atoms with van der Waals surface area (Å²) in [6, 6.07) is 24.0. The number of pyridine rings is 1. The molecule has 3 N–H and O–H groups in total. The van der Waals surface area contributed by atoms with Gasteiger partial charge in [0.25, 0.3) is 0 Å². The molecule has 1 atom stereocenters. The summed E-state index contributed by atoms with van der Waals surface area (Å²) in [6.45, 7) is 0. The number of ether oxygens (including phenoxy) is 2. The summed E-state index contributed by atoms with van der Waals surface area (Å²) in [5.74, 6) is 1.27. The highest BCUT2D eigenvalue weighted by atomic mass is 35.5. The molecule has 0 amide bonds. The number of aromatic nitrogens is 1. The number of hydrogen-bond donors (Lipinski definition) is 2. The molecule has 2 heterocycles. The molecule has 0 bridgehead atoms. The van der Waals surface area contributed by atoms with Crippen LogP contribution in [0.3, 0.4) is 0 Å². The summed E-state index contributed by atoms with van der Waals surface area (Å²) < 4.78 is 11.3. The van der Waals surface area contributed by atoms with Crippen LogP contribution in [-0.4, -0.2) is 19.2 Å². The molecule has 2 aliphatic rings. The molecule has 188 valence electrons. The first-order valence-corrected chi connectivity index (χ1v) is 12.7. The number of nitrogens with one attached hydrogen (secondary N) is 1. The van der Waals surface area contributed by atoms with Gasteiger partial charge in [-0.25, -0.2) is 0 Å². The van der Waals surface area contributed by atoms with Gasteiger partial charge in [-0.15, -0.1) is 0 Å². The van der Waals surface area contributed by atoms with Crippen molar-refractivity contribution in [3.8, 4) is 28.7 Å². The molecule has 6 nitrogen and oxygen atoms in total. The van der Waals surface area contributed by atoms with Gasteiger partial charge >= 0.3 is 0 Å². The minimum Gasteiger partial charge on any atom is -0.497 e. The number of fused-ring (bicyclic) bond motifs is 3. The topological polar surface area (TPSA) is 93.2 Å². The Morgan fingerprint density at radius 3 is 2.55 bits per heavy atom. The number of methoxy groups -OCH3 is 2. The lowest BCUT2D eigenvalue weighted by molar-refractivity contribution is 0.397. The number of hydrogen-bond acceptors (Lipinski definition) is 6. The lowest BCUT2D eigenvalue weighted by Gasteiger charge is -2.35. The average molecular weight is 521 g/mol. The van der Waals surface area contributed by atoms with E-state index in [0.717, 1.165) is 56.5 Å². The van der Waals surface area contributed by atoms with Gasteiger partial charge in [0.15, 0.2) is 0 Å². The van der Waals surface area contributed by atoms with Gasteiger partial charge in [0.05, 0.1) is 37.1 Å². The average Bonchev–Trinajstić information content (AvgIpc) is 2.95. The van der Waals surface area contributed by atoms with Gasteiger partial charge < -0.3 is 20.5 Å². The van der Waals surface area contributed by atoms with Crippen LogP contribution in [0.2, 0.25) is 5.02 Å². The highest BCUT2D eigenvalue weighted by Gasteiger charge is 2.37. The van der Waals surface area contributed by atoms with Gasteiger partial charge in [-0.1, -0.05) is 41.9 Å². The number of aryl methyl sites for hydroxylation is 1. The van der Waals surface area contributed by atoms with E-state index < -0.39 is 5.92 Å². The standard InChI is InChI=1S/C31H25ClN4O2/c1-37-19-9-13-26(38-2)22(15-19)28-20-10-12-25-29(30(20)36-31(34)23(28)16-33)27(17-6-4-3-5-7-17)21-14-18(32)8-11-24(21)35-25/h3-9,11,13-15,28,36H,10,12,34H2,1-2H3. The minimum atomic E-state index is -0.395. The summed E-state index contributed by atoms with van der Waals surface area (Å²) in [4.78, 5) is 5.06. The summed E-state index contributed by atoms with van der Waals surface area (Å²) in [5.41, 5.74) is 14.8. The van der Waals surface area contributed by atoms with E-state index >= 15 is 0 Å². The van der Waals surface area contributed by atoms with Crippen LogP contribution >= 0.6 is 11.6 Å². The molecule has 1 aromatic heterocycles. The first-order valence-electron chi connectivity index (χ1n) is 12.3. The molecule has 0 radical (unpaired) electrons. The zero-order chi connectivity index (χ0) is 26.4. The second-order valence-corrected chi connectivity index (χ2v) is 9.78. The normalized spacial score (nSPS) is 16.4. The van der Waals surface area contributed by atoms with Crippen LogP contribution in [-0.2, 0) is 6.42 Å². The lowest BCUT2D eigenvalue weighted by atomic mass is 9.74. The van der Waals surface area contributed by atoms with E-state index in [1.165, 1.54) is 0 Å². The predicted octanol–water partition coefficient (Wildman–Crippen LogP) is 6.31. The molecule has 4 aromatic rings. The van der Waals surface area contributed by atoms with Crippen molar-refractivity contribution < 1.29 is 9.47 Å². The second-order valence-electron chi connectivity index (χ2n) is 9.34. The first kappa shape index (κ1) is 23.9. The molecule has 0 saturated carbocycles. The number of nitriles is 1. The van der Waals surface area contributed by atoms with E-state index in [0.29, 0.717) is 34.3 Å². The molecule has 1 unspecified atom stereocenters. The van der Waals surface area contributed by atoms with Crippen LogP contribution in [0.4, 0.5) is 0 Å². The van der Waals surface area contributed by atoms with Crippen molar-refractivity contribution in [1.82, 2.24) is 10.3 Å². The zero-order valence-electron chi connectivity index (χ0n) is 21.0. The van der Waals surface area contributed by atoms with Gasteiger partial charge in [0, 0.05) is 38.7 Å². The summed E-state index contributed by atoms with van der Waals surface area (Å²) >= 11 is 6.48. The maximum Gasteiger partial charge on any atom is 0.123 e. The Morgan fingerprint density at radius 2 is 1.82 bits per heavy atom. The van der Waals surface area contributed by atoms with Crippen LogP contribution < -0.4 is 20.5 Å². The third-order valence-electron chi connectivity index (χ3n) is 7.34. The van der Waals surface area contributed by atoms with E-state index in [1.54, 1.807) is 14.2 Å². The maximum absolute atomic E-state index is 10.2. The molecule has 0 saturated heterocycles. The van der Waals surface area contributed by atoms with Crippen molar-refractivity contribution in [1.29, 1.82) is 5.26 Å². The highest BCUT2D eigenvalue weighted by molar-refractivity contribution is 6.31. The summed E-state index contributed by atoms with van der Waals surface area (Å²) in [7, 11) is 3.25. The Kier molecular flexibility index (Phi) is 5.94. The Bertz CT molecular complexity index is 1700. The number of nitrogens with two attached hydrogens (primary N) is 1. The van der Waals surface area contributed by atoms with E-state index in [2.05, 4.69) is 23.5 Å². The van der Waals surface area contributed by atoms with E-state index in [1.807, 2.05) is 54.6 Å². The number of benzene rings is 3. The van der Waals surface area contributed by atoms with Crippen molar-refractivity contribution in [2.45, 2.75) is 18.8 Å². The Hall–Kier alpha value is -4.47. The predicted molar refractivity (Wildman–Crippen MR) is 150 cm³/mol. The molecule has 0 fully saturated rings. The van der Waals surface area contributed by atoms with Crippen LogP contribution in [0.5, 0.6) is 11.5 Å². The molecule has 0 spiro atoms. The highest BCUT2D eigenvalue weighted by Crippen LogP contribution is 2.50.